The van der Waals surface area contributed by atoms with Crippen molar-refractivity contribution < 1.29 is 65.9 Å². The summed E-state index contributed by atoms with van der Waals surface area (Å²) in [5.74, 6) is -3.34. The molecule has 0 saturated heterocycles. The largest absolute Gasteiger partial charge is 0.756 e. The van der Waals surface area contributed by atoms with Gasteiger partial charge in [0.05, 0.1) is 62.8 Å². The second-order valence-corrected chi connectivity index (χ2v) is 21.3. The number of ether oxygens (including phenoxy) is 2. The van der Waals surface area contributed by atoms with Crippen LogP contribution in [0.3, 0.4) is 0 Å². The lowest BCUT2D eigenvalue weighted by Crippen LogP contribution is -2.50. The number of carbonyl (C=O) groups excluding carboxylic acids is 5. The van der Waals surface area contributed by atoms with Gasteiger partial charge in [-0.2, -0.15) is 0 Å². The van der Waals surface area contributed by atoms with Gasteiger partial charge in [0.15, 0.2) is 5.60 Å². The van der Waals surface area contributed by atoms with E-state index >= 15 is 4.39 Å². The van der Waals surface area contributed by atoms with Crippen LogP contribution in [-0.2, 0) is 80.6 Å². The van der Waals surface area contributed by atoms with Gasteiger partial charge in [-0.05, 0) is 98.6 Å². The zero-order valence-corrected chi connectivity index (χ0v) is 43.8. The number of phosphoric ester groups is 1. The molecule has 1 aliphatic carbocycles. The molecule has 3 aliphatic rings. The van der Waals surface area contributed by atoms with E-state index in [0.717, 1.165) is 0 Å². The number of nitrogens with one attached hydrogen (secondary N) is 4. The number of hydrogen-bond acceptors (Lipinski definition) is 16. The van der Waals surface area contributed by atoms with Gasteiger partial charge in [0, 0.05) is 46.3 Å². The maximum Gasteiger partial charge on any atom is 0.407 e. The van der Waals surface area contributed by atoms with E-state index in [0.29, 0.717) is 85.2 Å². The number of azide groups is 1. The molecule has 0 spiro atoms. The van der Waals surface area contributed by atoms with E-state index in [4.69, 9.17) is 29.0 Å². The average Bonchev–Trinajstić information content (AvgIpc) is 3.71. The van der Waals surface area contributed by atoms with Gasteiger partial charge >= 0.3 is 12.1 Å². The Morgan fingerprint density at radius 1 is 1.08 bits per heavy atom. The molecule has 2 aliphatic heterocycles. The molecule has 26 heteroatoms. The molecular weight excluding hydrogens is 1000 g/mol. The number of pyridine rings is 2. The standard InChI is InChI=1S/C49H61FN11O13P/c1-9-49(68)35-19-39-43-33(23-60(39)46(65)34(35)25-71-47(49)66)42-37(13-12-32-26(2)36(50)20-38(56-43)41(32)42)57-48(67)72-24-29-10-11-31(55-45(64)28(4)54-44(63)27(3)53-40(62)21-52-58-51)18-30(29)22-59(5)14-16-73-75(69,70)74-17-15-61(6,7)8/h10-11,18-20,27-28,37,68H,9,12-17,21-25H2,1-8H3,(H4-,53,54,55,57,62,63,64,67,69,70)/t27-,28-,37-,49-/m0/s1. The summed E-state index contributed by atoms with van der Waals surface area (Å²) in [6.07, 6.45) is -0.181. The third-order valence-electron chi connectivity index (χ3n) is 13.5. The van der Waals surface area contributed by atoms with Gasteiger partial charge in [0.2, 0.25) is 17.7 Å². The summed E-state index contributed by atoms with van der Waals surface area (Å²) in [4.78, 5) is 101. The summed E-state index contributed by atoms with van der Waals surface area (Å²) < 4.78 is 51.2. The first-order valence-corrected chi connectivity index (χ1v) is 25.7. The Balaban J connectivity index is 1.11. The van der Waals surface area contributed by atoms with Gasteiger partial charge in [0.1, 0.15) is 50.8 Å². The van der Waals surface area contributed by atoms with Crippen molar-refractivity contribution >= 4 is 54.2 Å². The zero-order valence-electron chi connectivity index (χ0n) is 42.9. The van der Waals surface area contributed by atoms with Crippen molar-refractivity contribution in [3.05, 3.63) is 101 Å². The van der Waals surface area contributed by atoms with Crippen LogP contribution >= 0.6 is 7.82 Å². The third-order valence-corrected chi connectivity index (χ3v) is 14.5. The lowest BCUT2D eigenvalue weighted by molar-refractivity contribution is -0.870. The SMILES string of the molecule is CC[C@@]1(O)C(=O)OCc2c1cc1n(c2=O)Cc2c-1nc1cc(F)c(C)c3c1c2[C@@H](NC(=O)OCc1ccc(NC(=O)[C@H](C)NC(=O)[C@H](C)NC(=O)CN=[N+]=[N-])cc1CN(C)CCOP(=O)([O-])OCC[N+](C)(C)C)CC3. The number of nitrogens with zero attached hydrogens (tertiary/aromatic N) is 7. The number of fused-ring (bicyclic) bond motifs is 5. The number of alkyl carbamates (subject to hydrolysis) is 1. The van der Waals surface area contributed by atoms with Crippen LogP contribution < -0.4 is 31.7 Å². The van der Waals surface area contributed by atoms with Gasteiger partial charge in [0.25, 0.3) is 13.4 Å². The second kappa shape index (κ2) is 22.6. The van der Waals surface area contributed by atoms with Gasteiger partial charge in [-0.25, -0.2) is 19.0 Å². The molecule has 4 heterocycles. The van der Waals surface area contributed by atoms with Crippen LogP contribution in [0.1, 0.15) is 84.2 Å². The highest BCUT2D eigenvalue weighted by atomic mass is 31.2. The first-order valence-electron chi connectivity index (χ1n) is 24.2. The highest BCUT2D eigenvalue weighted by molar-refractivity contribution is 7.45. The molecule has 5 atom stereocenters. The molecule has 2 aromatic carbocycles. The fourth-order valence-electron chi connectivity index (χ4n) is 9.26. The molecule has 0 bridgehead atoms. The molecule has 0 saturated carbocycles. The van der Waals surface area contributed by atoms with Gasteiger partial charge in [-0.1, -0.05) is 18.1 Å². The number of aryl methyl sites for hydroxylation is 1. The quantitative estimate of drug-likeness (QED) is 0.0176. The lowest BCUT2D eigenvalue weighted by Gasteiger charge is -2.31. The van der Waals surface area contributed by atoms with E-state index in [1.165, 1.54) is 24.5 Å². The highest BCUT2D eigenvalue weighted by Gasteiger charge is 2.46. The van der Waals surface area contributed by atoms with Crippen molar-refractivity contribution in [1.82, 2.24) is 30.4 Å². The molecular formula is C49H61FN11O13P. The predicted octanol–water partition coefficient (Wildman–Crippen LogP) is 3.34. The number of amides is 4. The van der Waals surface area contributed by atoms with Crippen LogP contribution in [0, 0.1) is 12.7 Å². The number of quaternary nitrogens is 1. The Morgan fingerprint density at radius 2 is 1.80 bits per heavy atom. The number of rotatable bonds is 21. The monoisotopic (exact) mass is 1060 g/mol. The number of aliphatic hydroxyl groups is 1. The molecule has 2 aromatic heterocycles. The minimum atomic E-state index is -4.62. The van der Waals surface area contributed by atoms with Gasteiger partial charge in [-0.3, -0.25) is 28.6 Å². The van der Waals surface area contributed by atoms with Crippen molar-refractivity contribution in [2.24, 2.45) is 5.11 Å². The van der Waals surface area contributed by atoms with E-state index in [1.54, 1.807) is 50.1 Å². The van der Waals surface area contributed by atoms with E-state index in [1.807, 2.05) is 21.1 Å². The Labute approximate surface area is 430 Å². The van der Waals surface area contributed by atoms with Gasteiger partial charge < -0.3 is 58.8 Å². The van der Waals surface area contributed by atoms with Crippen LogP contribution in [0.2, 0.25) is 0 Å². The van der Waals surface area contributed by atoms with Crippen molar-refractivity contribution in [1.29, 1.82) is 0 Å². The number of esters is 1. The van der Waals surface area contributed by atoms with Gasteiger partial charge in [-0.15, -0.1) is 0 Å². The van der Waals surface area contributed by atoms with Crippen molar-refractivity contribution in [2.45, 2.75) is 97.0 Å². The number of benzene rings is 2. The van der Waals surface area contributed by atoms with Crippen LogP contribution in [0.4, 0.5) is 14.9 Å². The predicted molar refractivity (Wildman–Crippen MR) is 267 cm³/mol. The number of cyclic esters (lactones) is 1. The second-order valence-electron chi connectivity index (χ2n) is 19.9. The zero-order chi connectivity index (χ0) is 54.7. The van der Waals surface area contributed by atoms with Crippen LogP contribution in [-0.4, -0.2) is 127 Å². The molecule has 4 amide bonds. The minimum absolute atomic E-state index is 0.0278. The fraction of sp³-hybridized carbons (Fsp3) is 0.490. The van der Waals surface area contributed by atoms with E-state index in [2.05, 4.69) is 31.3 Å². The Morgan fingerprint density at radius 3 is 2.51 bits per heavy atom. The molecule has 0 fully saturated rings. The summed E-state index contributed by atoms with van der Waals surface area (Å²) in [6, 6.07) is 4.83. The Hall–Kier alpha value is -6.82. The smallest absolute Gasteiger partial charge is 0.407 e. The topological polar surface area (TPSA) is 318 Å². The molecule has 1 unspecified atom stereocenters. The third kappa shape index (κ3) is 12.5. The summed E-state index contributed by atoms with van der Waals surface area (Å²) in [5.41, 5.74) is 10.8. The van der Waals surface area contributed by atoms with Crippen molar-refractivity contribution in [2.75, 3.05) is 66.4 Å². The number of anilines is 1. The first-order chi connectivity index (χ1) is 35.3. The van der Waals surface area contributed by atoms with Crippen LogP contribution in [0.15, 0.2) is 40.2 Å². The fourth-order valence-corrected chi connectivity index (χ4v) is 9.95. The number of aromatic nitrogens is 2. The van der Waals surface area contributed by atoms with E-state index in [-0.39, 0.29) is 63.6 Å². The van der Waals surface area contributed by atoms with E-state index in [9.17, 15) is 43.3 Å². The molecule has 7 rings (SSSR count). The summed E-state index contributed by atoms with van der Waals surface area (Å²) >= 11 is 0. The molecule has 402 valence electrons. The summed E-state index contributed by atoms with van der Waals surface area (Å²) in [6.45, 7) is 5.33. The molecule has 5 N–H and O–H groups in total. The Bertz CT molecular complexity index is 3120. The van der Waals surface area contributed by atoms with Crippen LogP contribution in [0.5, 0.6) is 0 Å². The highest BCUT2D eigenvalue weighted by Crippen LogP contribution is 2.46. The summed E-state index contributed by atoms with van der Waals surface area (Å²) in [7, 11) is 2.74. The maximum atomic E-state index is 15.5. The number of halogens is 1. The Kier molecular flexibility index (Phi) is 16.8. The normalized spacial score (nSPS) is 18.1. The number of likely N-dealkylation sites (N-methyl/N-ethyl adjacent to an activating group) is 2. The number of hydrogen-bond donors (Lipinski definition) is 5. The lowest BCUT2D eigenvalue weighted by atomic mass is 9.81. The molecule has 24 nitrogen and oxygen atoms in total. The minimum Gasteiger partial charge on any atom is -0.756 e. The van der Waals surface area contributed by atoms with Crippen molar-refractivity contribution in [3.8, 4) is 11.4 Å². The first kappa shape index (κ1) is 55.9. The van der Waals surface area contributed by atoms with Crippen molar-refractivity contribution in [3.63, 3.8) is 0 Å². The number of carbonyl (C=O) groups is 5. The van der Waals surface area contributed by atoms with E-state index < -0.39 is 79.3 Å². The molecule has 4 aromatic rings. The molecule has 0 radical (unpaired) electrons. The average molecular weight is 1060 g/mol. The molecule has 75 heavy (non-hydrogen) atoms. The maximum absolute atomic E-state index is 15.5. The number of phosphoric acid groups is 1. The summed E-state index contributed by atoms with van der Waals surface area (Å²) in [5, 5.41) is 25.9. The van der Waals surface area contributed by atoms with Crippen LogP contribution in [0.25, 0.3) is 32.7 Å².